The fraction of sp³-hybridized carbons (Fsp3) is 0.143. The Morgan fingerprint density at radius 1 is 1.00 bits per heavy atom. The van der Waals surface area contributed by atoms with Gasteiger partial charge in [-0.3, -0.25) is 4.72 Å². The number of sulfonamides is 1. The maximum absolute atomic E-state index is 13.5. The minimum Gasteiger partial charge on any atom is -0.378 e. The molecule has 0 radical (unpaired) electrons. The average Bonchev–Trinajstić information content (AvgIpc) is 2.41. The van der Waals surface area contributed by atoms with Crippen LogP contribution in [0, 0.1) is 11.6 Å². The molecule has 2 rings (SSSR count). The quantitative estimate of drug-likeness (QED) is 0.944. The fourth-order valence-electron chi connectivity index (χ4n) is 1.72. The molecule has 112 valence electrons. The van der Waals surface area contributed by atoms with Gasteiger partial charge in [0.2, 0.25) is 0 Å². The first-order chi connectivity index (χ1) is 9.79. The molecule has 1 N–H and O–H groups in total. The van der Waals surface area contributed by atoms with Crippen molar-refractivity contribution in [2.24, 2.45) is 0 Å². The molecule has 2 aromatic rings. The summed E-state index contributed by atoms with van der Waals surface area (Å²) in [7, 11) is -0.481. The fourth-order valence-corrected chi connectivity index (χ4v) is 2.87. The first-order valence-corrected chi connectivity index (χ1v) is 7.53. The average molecular weight is 312 g/mol. The first-order valence-electron chi connectivity index (χ1n) is 6.05. The summed E-state index contributed by atoms with van der Waals surface area (Å²) in [5.74, 6) is -1.83. The van der Waals surface area contributed by atoms with E-state index in [0.29, 0.717) is 6.07 Å². The highest BCUT2D eigenvalue weighted by molar-refractivity contribution is 7.92. The van der Waals surface area contributed by atoms with Crippen LogP contribution in [0.5, 0.6) is 0 Å². The summed E-state index contributed by atoms with van der Waals surface area (Å²) in [6, 6.07) is 8.79. The molecule has 0 aromatic heterocycles. The van der Waals surface area contributed by atoms with Crippen molar-refractivity contribution in [3.05, 3.63) is 54.1 Å². The van der Waals surface area contributed by atoms with Gasteiger partial charge in [0.1, 0.15) is 16.5 Å². The third-order valence-electron chi connectivity index (χ3n) is 2.82. The SMILES string of the molecule is CN(C)c1ccc(NS(=O)(=O)c2cc(F)ccc2F)cc1. The number of anilines is 2. The Balaban J connectivity index is 2.31. The van der Waals surface area contributed by atoms with Gasteiger partial charge < -0.3 is 4.90 Å². The summed E-state index contributed by atoms with van der Waals surface area (Å²) in [5.41, 5.74) is 1.15. The lowest BCUT2D eigenvalue weighted by molar-refractivity contribution is 0.555. The highest BCUT2D eigenvalue weighted by atomic mass is 32.2. The van der Waals surface area contributed by atoms with Crippen LogP contribution in [0.1, 0.15) is 0 Å². The second-order valence-electron chi connectivity index (χ2n) is 4.62. The normalized spacial score (nSPS) is 11.2. The Morgan fingerprint density at radius 3 is 2.19 bits per heavy atom. The van der Waals surface area contributed by atoms with Gasteiger partial charge in [0.05, 0.1) is 0 Å². The van der Waals surface area contributed by atoms with E-state index in [0.717, 1.165) is 17.8 Å². The summed E-state index contributed by atoms with van der Waals surface area (Å²) in [6.45, 7) is 0. The molecule has 0 heterocycles. The number of nitrogens with one attached hydrogen (secondary N) is 1. The standard InChI is InChI=1S/C14H14F2N2O2S/c1-18(2)12-6-4-11(5-7-12)17-21(19,20)14-9-10(15)3-8-13(14)16/h3-9,17H,1-2H3. The maximum Gasteiger partial charge on any atom is 0.264 e. The van der Waals surface area contributed by atoms with Gasteiger partial charge in [-0.15, -0.1) is 0 Å². The molecule has 21 heavy (non-hydrogen) atoms. The summed E-state index contributed by atoms with van der Waals surface area (Å²) in [5, 5.41) is 0. The van der Waals surface area contributed by atoms with Crippen LogP contribution >= 0.6 is 0 Å². The molecule has 0 aliphatic rings. The largest absolute Gasteiger partial charge is 0.378 e. The van der Waals surface area contributed by atoms with Crippen LogP contribution in [0.3, 0.4) is 0 Å². The van der Waals surface area contributed by atoms with E-state index in [2.05, 4.69) is 4.72 Å². The van der Waals surface area contributed by atoms with Gasteiger partial charge in [-0.05, 0) is 42.5 Å². The van der Waals surface area contributed by atoms with Crippen LogP contribution < -0.4 is 9.62 Å². The second kappa shape index (κ2) is 5.69. The van der Waals surface area contributed by atoms with Gasteiger partial charge in [0.25, 0.3) is 10.0 Å². The van der Waals surface area contributed by atoms with Crippen molar-refractivity contribution in [1.82, 2.24) is 0 Å². The predicted octanol–water partition coefficient (Wildman–Crippen LogP) is 2.83. The van der Waals surface area contributed by atoms with Gasteiger partial charge in [0, 0.05) is 25.5 Å². The monoisotopic (exact) mass is 312 g/mol. The molecule has 0 aliphatic heterocycles. The first kappa shape index (κ1) is 15.2. The Morgan fingerprint density at radius 2 is 1.62 bits per heavy atom. The number of benzene rings is 2. The molecule has 0 saturated heterocycles. The van der Waals surface area contributed by atoms with Crippen LogP contribution in [0.15, 0.2) is 47.4 Å². The number of hydrogen-bond acceptors (Lipinski definition) is 3. The molecule has 7 heteroatoms. The molecule has 0 atom stereocenters. The molecule has 0 saturated carbocycles. The Kier molecular flexibility index (Phi) is 4.13. The minimum absolute atomic E-state index is 0.268. The van der Waals surface area contributed by atoms with Crippen LogP contribution in [0.2, 0.25) is 0 Å². The smallest absolute Gasteiger partial charge is 0.264 e. The maximum atomic E-state index is 13.5. The third kappa shape index (κ3) is 3.49. The molecule has 0 bridgehead atoms. The lowest BCUT2D eigenvalue weighted by Crippen LogP contribution is -2.15. The van der Waals surface area contributed by atoms with E-state index >= 15 is 0 Å². The van der Waals surface area contributed by atoms with Gasteiger partial charge >= 0.3 is 0 Å². The molecule has 0 spiro atoms. The molecule has 4 nitrogen and oxygen atoms in total. The van der Waals surface area contributed by atoms with Crippen molar-refractivity contribution >= 4 is 21.4 Å². The van der Waals surface area contributed by atoms with Gasteiger partial charge in [-0.2, -0.15) is 0 Å². The molecule has 0 amide bonds. The van der Waals surface area contributed by atoms with E-state index in [1.807, 2.05) is 19.0 Å². The van der Waals surface area contributed by atoms with E-state index in [9.17, 15) is 17.2 Å². The second-order valence-corrected chi connectivity index (χ2v) is 6.27. The van der Waals surface area contributed by atoms with Crippen molar-refractivity contribution in [3.63, 3.8) is 0 Å². The van der Waals surface area contributed by atoms with Crippen molar-refractivity contribution in [1.29, 1.82) is 0 Å². The number of halogens is 2. The van der Waals surface area contributed by atoms with Gasteiger partial charge in [-0.25, -0.2) is 17.2 Å². The van der Waals surface area contributed by atoms with E-state index in [-0.39, 0.29) is 5.69 Å². The van der Waals surface area contributed by atoms with E-state index in [1.165, 1.54) is 0 Å². The van der Waals surface area contributed by atoms with Crippen molar-refractivity contribution in [2.75, 3.05) is 23.7 Å². The van der Waals surface area contributed by atoms with Crippen LogP contribution in [-0.2, 0) is 10.0 Å². The number of nitrogens with zero attached hydrogens (tertiary/aromatic N) is 1. The van der Waals surface area contributed by atoms with Crippen LogP contribution in [0.25, 0.3) is 0 Å². The number of rotatable bonds is 4. The topological polar surface area (TPSA) is 49.4 Å². The Labute approximate surface area is 122 Å². The van der Waals surface area contributed by atoms with Crippen molar-refractivity contribution in [2.45, 2.75) is 4.90 Å². The zero-order chi connectivity index (χ0) is 15.6. The molecular weight excluding hydrogens is 298 g/mol. The van der Waals surface area contributed by atoms with Gasteiger partial charge in [0.15, 0.2) is 0 Å². The van der Waals surface area contributed by atoms with Crippen molar-refractivity contribution < 1.29 is 17.2 Å². The molecule has 0 aliphatic carbocycles. The minimum atomic E-state index is -4.18. The lowest BCUT2D eigenvalue weighted by atomic mass is 10.3. The lowest BCUT2D eigenvalue weighted by Gasteiger charge is -2.13. The highest BCUT2D eigenvalue weighted by Gasteiger charge is 2.20. The summed E-state index contributed by atoms with van der Waals surface area (Å²) in [4.78, 5) is 1.13. The molecular formula is C14H14F2N2O2S. The Hall–Kier alpha value is -2.15. The summed E-state index contributed by atoms with van der Waals surface area (Å²) >= 11 is 0. The zero-order valence-corrected chi connectivity index (χ0v) is 12.3. The molecule has 2 aromatic carbocycles. The van der Waals surface area contributed by atoms with Gasteiger partial charge in [-0.1, -0.05) is 0 Å². The van der Waals surface area contributed by atoms with Crippen molar-refractivity contribution in [3.8, 4) is 0 Å². The molecule has 0 fully saturated rings. The Bertz CT molecular complexity index is 744. The summed E-state index contributed by atoms with van der Waals surface area (Å²) in [6.07, 6.45) is 0. The number of hydrogen-bond donors (Lipinski definition) is 1. The predicted molar refractivity (Wildman–Crippen MR) is 77.9 cm³/mol. The van der Waals surface area contributed by atoms with E-state index in [4.69, 9.17) is 0 Å². The highest BCUT2D eigenvalue weighted by Crippen LogP contribution is 2.21. The van der Waals surface area contributed by atoms with E-state index < -0.39 is 26.6 Å². The third-order valence-corrected chi connectivity index (χ3v) is 4.21. The van der Waals surface area contributed by atoms with Crippen LogP contribution in [0.4, 0.5) is 20.2 Å². The van der Waals surface area contributed by atoms with Crippen LogP contribution in [-0.4, -0.2) is 22.5 Å². The zero-order valence-electron chi connectivity index (χ0n) is 11.5. The van der Waals surface area contributed by atoms with E-state index in [1.54, 1.807) is 24.3 Å². The summed E-state index contributed by atoms with van der Waals surface area (Å²) < 4.78 is 53.0. The molecule has 0 unspecified atom stereocenters.